The molecule has 2 heterocycles. The summed E-state index contributed by atoms with van der Waals surface area (Å²) in [4.78, 5) is 6.94. The Balaban J connectivity index is 1.45. The summed E-state index contributed by atoms with van der Waals surface area (Å²) in [7, 11) is 1.72. The Kier molecular flexibility index (Phi) is 8.16. The minimum absolute atomic E-state index is 0.523. The number of benzene rings is 1. The van der Waals surface area contributed by atoms with Crippen LogP contribution in [-0.2, 0) is 6.42 Å². The van der Waals surface area contributed by atoms with Crippen LogP contribution in [0.2, 0.25) is 0 Å². The fourth-order valence-electron chi connectivity index (χ4n) is 4.08. The number of likely N-dealkylation sites (tertiary alicyclic amines) is 1. The number of unbranched alkanes of at least 4 members (excludes halogenated alkanes) is 1. The van der Waals surface area contributed by atoms with E-state index in [0.717, 1.165) is 50.3 Å². The van der Waals surface area contributed by atoms with E-state index in [0.29, 0.717) is 6.04 Å². The van der Waals surface area contributed by atoms with Crippen molar-refractivity contribution in [2.45, 2.75) is 57.9 Å². The smallest absolute Gasteiger partial charge is 0.161 e. The second-order valence-electron chi connectivity index (χ2n) is 7.62. The van der Waals surface area contributed by atoms with E-state index in [2.05, 4.69) is 41.1 Å². The zero-order chi connectivity index (χ0) is 19.6. The molecule has 1 saturated heterocycles. The van der Waals surface area contributed by atoms with Gasteiger partial charge in [-0.3, -0.25) is 9.88 Å². The van der Waals surface area contributed by atoms with E-state index in [9.17, 15) is 0 Å². The van der Waals surface area contributed by atoms with Gasteiger partial charge in [-0.15, -0.1) is 0 Å². The quantitative estimate of drug-likeness (QED) is 0.513. The molecule has 2 aromatic rings. The molecule has 0 spiro atoms. The fraction of sp³-hybridized carbons (Fsp3) is 0.542. The van der Waals surface area contributed by atoms with Crippen LogP contribution in [0.3, 0.4) is 0 Å². The molecule has 0 bridgehead atoms. The van der Waals surface area contributed by atoms with Crippen LogP contribution in [0.5, 0.6) is 11.5 Å². The molecule has 1 atom stereocenters. The summed E-state index contributed by atoms with van der Waals surface area (Å²) in [5, 5.41) is 0. The highest BCUT2D eigenvalue weighted by molar-refractivity contribution is 5.43. The molecule has 3 rings (SSSR count). The van der Waals surface area contributed by atoms with Crippen molar-refractivity contribution >= 4 is 0 Å². The standard InChI is InChI=1S/C24H34N2O2/c1-3-9-20-12-13-23(24(18-20)27-2)28-17-7-6-16-26-15-5-4-11-22(26)21-10-8-14-25-19-21/h8,10,12-14,18-19,22H,3-7,9,11,15-17H2,1-2H3. The zero-order valence-corrected chi connectivity index (χ0v) is 17.4. The number of ether oxygens (including phenoxy) is 2. The Bertz CT molecular complexity index is 705. The number of hydrogen-bond acceptors (Lipinski definition) is 4. The maximum atomic E-state index is 6.01. The van der Waals surface area contributed by atoms with Gasteiger partial charge in [-0.1, -0.05) is 31.9 Å². The van der Waals surface area contributed by atoms with Crippen LogP contribution in [-0.4, -0.2) is 36.7 Å². The molecular formula is C24H34N2O2. The molecule has 0 radical (unpaired) electrons. The lowest BCUT2D eigenvalue weighted by Crippen LogP contribution is -2.34. The summed E-state index contributed by atoms with van der Waals surface area (Å²) in [6.07, 6.45) is 12.1. The summed E-state index contributed by atoms with van der Waals surface area (Å²) in [6.45, 7) is 5.23. The van der Waals surface area contributed by atoms with Crippen molar-refractivity contribution < 1.29 is 9.47 Å². The molecule has 28 heavy (non-hydrogen) atoms. The van der Waals surface area contributed by atoms with Gasteiger partial charge < -0.3 is 9.47 Å². The first-order valence-corrected chi connectivity index (χ1v) is 10.8. The van der Waals surface area contributed by atoms with Gasteiger partial charge in [-0.05, 0) is 74.5 Å². The molecule has 4 heteroatoms. The van der Waals surface area contributed by atoms with Gasteiger partial charge in [-0.2, -0.15) is 0 Å². The molecule has 0 N–H and O–H groups in total. The largest absolute Gasteiger partial charge is 0.493 e. The molecular weight excluding hydrogens is 348 g/mol. The highest BCUT2D eigenvalue weighted by atomic mass is 16.5. The molecule has 0 saturated carbocycles. The summed E-state index contributed by atoms with van der Waals surface area (Å²) < 4.78 is 11.5. The van der Waals surface area contributed by atoms with E-state index in [1.54, 1.807) is 7.11 Å². The average molecular weight is 383 g/mol. The van der Waals surface area contributed by atoms with Crippen molar-refractivity contribution in [1.29, 1.82) is 0 Å². The first-order chi connectivity index (χ1) is 13.8. The zero-order valence-electron chi connectivity index (χ0n) is 17.4. The number of aromatic nitrogens is 1. The normalized spacial score (nSPS) is 17.4. The lowest BCUT2D eigenvalue weighted by Gasteiger charge is -2.35. The molecule has 1 aromatic carbocycles. The van der Waals surface area contributed by atoms with Crippen molar-refractivity contribution in [3.63, 3.8) is 0 Å². The second kappa shape index (κ2) is 11.1. The minimum atomic E-state index is 0.523. The molecule has 1 aliphatic heterocycles. The second-order valence-corrected chi connectivity index (χ2v) is 7.62. The fourth-order valence-corrected chi connectivity index (χ4v) is 4.08. The number of methoxy groups -OCH3 is 1. The number of aryl methyl sites for hydroxylation is 1. The van der Waals surface area contributed by atoms with Crippen molar-refractivity contribution in [3.8, 4) is 11.5 Å². The number of pyridine rings is 1. The first kappa shape index (κ1) is 20.7. The van der Waals surface area contributed by atoms with Crippen molar-refractivity contribution in [3.05, 3.63) is 53.9 Å². The van der Waals surface area contributed by atoms with Gasteiger partial charge in [-0.25, -0.2) is 0 Å². The Morgan fingerprint density at radius 3 is 2.86 bits per heavy atom. The summed E-state index contributed by atoms with van der Waals surface area (Å²) in [5.74, 6) is 1.70. The molecule has 1 unspecified atom stereocenters. The molecule has 1 aliphatic rings. The third-order valence-corrected chi connectivity index (χ3v) is 5.55. The van der Waals surface area contributed by atoms with Crippen LogP contribution in [0.1, 0.15) is 62.6 Å². The molecule has 4 nitrogen and oxygen atoms in total. The lowest BCUT2D eigenvalue weighted by molar-refractivity contribution is 0.142. The van der Waals surface area contributed by atoms with E-state index in [1.807, 2.05) is 18.5 Å². The number of nitrogens with zero attached hydrogens (tertiary/aromatic N) is 2. The van der Waals surface area contributed by atoms with Gasteiger partial charge in [0.15, 0.2) is 11.5 Å². The van der Waals surface area contributed by atoms with E-state index in [1.165, 1.54) is 36.9 Å². The highest BCUT2D eigenvalue weighted by Gasteiger charge is 2.23. The molecule has 1 aromatic heterocycles. The van der Waals surface area contributed by atoms with E-state index >= 15 is 0 Å². The van der Waals surface area contributed by atoms with Crippen molar-refractivity contribution in [1.82, 2.24) is 9.88 Å². The van der Waals surface area contributed by atoms with Gasteiger partial charge in [0.2, 0.25) is 0 Å². The maximum Gasteiger partial charge on any atom is 0.161 e. The van der Waals surface area contributed by atoms with Crippen LogP contribution in [0.4, 0.5) is 0 Å². The molecule has 1 fully saturated rings. The van der Waals surface area contributed by atoms with E-state index < -0.39 is 0 Å². The average Bonchev–Trinajstić information content (AvgIpc) is 2.75. The first-order valence-electron chi connectivity index (χ1n) is 10.8. The Labute approximate surface area is 169 Å². The molecule has 0 amide bonds. The van der Waals surface area contributed by atoms with E-state index in [4.69, 9.17) is 9.47 Å². The Morgan fingerprint density at radius 1 is 1.14 bits per heavy atom. The number of hydrogen-bond donors (Lipinski definition) is 0. The summed E-state index contributed by atoms with van der Waals surface area (Å²) >= 11 is 0. The van der Waals surface area contributed by atoms with E-state index in [-0.39, 0.29) is 0 Å². The minimum Gasteiger partial charge on any atom is -0.493 e. The van der Waals surface area contributed by atoms with Gasteiger partial charge in [0.25, 0.3) is 0 Å². The van der Waals surface area contributed by atoms with Gasteiger partial charge in [0, 0.05) is 18.4 Å². The van der Waals surface area contributed by atoms with Crippen LogP contribution >= 0.6 is 0 Å². The van der Waals surface area contributed by atoms with Crippen molar-refractivity contribution in [2.24, 2.45) is 0 Å². The predicted molar refractivity (Wildman–Crippen MR) is 114 cm³/mol. The van der Waals surface area contributed by atoms with Crippen molar-refractivity contribution in [2.75, 3.05) is 26.8 Å². The highest BCUT2D eigenvalue weighted by Crippen LogP contribution is 2.31. The molecule has 0 aliphatic carbocycles. The summed E-state index contributed by atoms with van der Waals surface area (Å²) in [5.41, 5.74) is 2.66. The number of piperidine rings is 1. The Morgan fingerprint density at radius 2 is 2.07 bits per heavy atom. The van der Waals surface area contributed by atoms with Gasteiger partial charge >= 0.3 is 0 Å². The lowest BCUT2D eigenvalue weighted by atomic mass is 9.96. The van der Waals surface area contributed by atoms with Crippen LogP contribution in [0.25, 0.3) is 0 Å². The van der Waals surface area contributed by atoms with Gasteiger partial charge in [0.1, 0.15) is 0 Å². The van der Waals surface area contributed by atoms with Crippen LogP contribution in [0, 0.1) is 0 Å². The SMILES string of the molecule is CCCc1ccc(OCCCCN2CCCCC2c2cccnc2)c(OC)c1. The topological polar surface area (TPSA) is 34.6 Å². The maximum absolute atomic E-state index is 6.01. The molecule has 152 valence electrons. The third-order valence-electron chi connectivity index (χ3n) is 5.55. The monoisotopic (exact) mass is 382 g/mol. The Hall–Kier alpha value is -2.07. The van der Waals surface area contributed by atoms with Gasteiger partial charge in [0.05, 0.1) is 13.7 Å². The number of rotatable bonds is 10. The third kappa shape index (κ3) is 5.71. The van der Waals surface area contributed by atoms with Crippen LogP contribution < -0.4 is 9.47 Å². The van der Waals surface area contributed by atoms with Crippen LogP contribution in [0.15, 0.2) is 42.7 Å². The summed E-state index contributed by atoms with van der Waals surface area (Å²) in [6, 6.07) is 11.1. The predicted octanol–water partition coefficient (Wildman–Crippen LogP) is 5.43.